The maximum atomic E-state index is 2.38. The second-order valence-electron chi connectivity index (χ2n) is 14.9. The second-order valence-corrected chi connectivity index (χ2v) is 14.9. The summed E-state index contributed by atoms with van der Waals surface area (Å²) in [5, 5.41) is 7.14. The molecule has 0 aliphatic rings. The van der Waals surface area contributed by atoms with Crippen molar-refractivity contribution >= 4 is 0 Å². The molecule has 6 N–H and O–H groups in total. The van der Waals surface area contributed by atoms with Crippen LogP contribution in [0.3, 0.4) is 0 Å². The summed E-state index contributed by atoms with van der Waals surface area (Å²) in [7, 11) is 0. The predicted molar refractivity (Wildman–Crippen MR) is 224 cm³/mol. The van der Waals surface area contributed by atoms with Gasteiger partial charge in [-0.2, -0.15) is 0 Å². The highest BCUT2D eigenvalue weighted by atomic mass is 14.9. The predicted octanol–water partition coefficient (Wildman–Crippen LogP) is 8.40. The lowest BCUT2D eigenvalue weighted by atomic mass is 9.92. The van der Waals surface area contributed by atoms with Crippen LogP contribution in [0.15, 0.2) is 164 Å². The van der Waals surface area contributed by atoms with Crippen LogP contribution in [-0.2, 0) is 39.3 Å². The Morgan fingerprint density at radius 2 is 0.426 bits per heavy atom. The fourth-order valence-electron chi connectivity index (χ4n) is 7.02. The minimum atomic E-state index is 0.961. The molecule has 0 spiro atoms. The molecule has 270 valence electrons. The third-order valence-corrected chi connectivity index (χ3v) is 10.4. The summed E-state index contributed by atoms with van der Waals surface area (Å²) in [6, 6.07) is 61.1. The molecule has 0 amide bonds. The summed E-state index contributed by atoms with van der Waals surface area (Å²) >= 11 is 0. The van der Waals surface area contributed by atoms with Crippen molar-refractivity contribution in [1.82, 2.24) is 0 Å². The van der Waals surface area contributed by atoms with Crippen molar-refractivity contribution in [3.63, 3.8) is 0 Å². The van der Waals surface area contributed by atoms with E-state index >= 15 is 0 Å². The number of hydrogen-bond donors (Lipinski definition) is 3. The van der Waals surface area contributed by atoms with Crippen molar-refractivity contribution in [2.45, 2.75) is 60.0 Å². The highest BCUT2D eigenvalue weighted by Crippen LogP contribution is 2.33. The Balaban J connectivity index is 1.07. The quantitative estimate of drug-likeness (QED) is 0.0959. The van der Waals surface area contributed by atoms with E-state index in [1.165, 1.54) is 83.5 Å². The van der Waals surface area contributed by atoms with Crippen LogP contribution in [0, 0.1) is 20.8 Å². The number of hydrogen-bond acceptors (Lipinski definition) is 0. The van der Waals surface area contributed by atoms with Crippen molar-refractivity contribution in [3.05, 3.63) is 214 Å². The Kier molecular flexibility index (Phi) is 12.2. The molecule has 7 aromatic rings. The average Bonchev–Trinajstić information content (AvgIpc) is 3.21. The highest BCUT2D eigenvalue weighted by Gasteiger charge is 2.10. The van der Waals surface area contributed by atoms with E-state index in [2.05, 4.69) is 201 Å². The van der Waals surface area contributed by atoms with Gasteiger partial charge in [0.1, 0.15) is 39.3 Å². The Labute approximate surface area is 322 Å². The first-order valence-corrected chi connectivity index (χ1v) is 19.5. The van der Waals surface area contributed by atoms with E-state index in [4.69, 9.17) is 0 Å². The molecule has 0 heterocycles. The van der Waals surface area contributed by atoms with E-state index in [9.17, 15) is 0 Å². The summed E-state index contributed by atoms with van der Waals surface area (Å²) in [6.45, 7) is 12.3. The lowest BCUT2D eigenvalue weighted by Gasteiger charge is -2.13. The van der Waals surface area contributed by atoms with E-state index in [1.54, 1.807) is 0 Å². The molecule has 54 heavy (non-hydrogen) atoms. The Morgan fingerprint density at radius 3 is 0.630 bits per heavy atom. The Bertz CT molecular complexity index is 1940. The van der Waals surface area contributed by atoms with E-state index in [-0.39, 0.29) is 0 Å². The molecule has 3 heteroatoms. The smallest absolute Gasteiger partial charge is 0.101 e. The van der Waals surface area contributed by atoms with Gasteiger partial charge in [0.25, 0.3) is 0 Å². The van der Waals surface area contributed by atoms with Gasteiger partial charge in [0.2, 0.25) is 0 Å². The van der Waals surface area contributed by atoms with Gasteiger partial charge in [-0.05, 0) is 72.4 Å². The van der Waals surface area contributed by atoms with Crippen LogP contribution in [-0.4, -0.2) is 0 Å². The molecule has 7 aromatic carbocycles. The van der Waals surface area contributed by atoms with E-state index in [1.807, 2.05) is 0 Å². The third-order valence-electron chi connectivity index (χ3n) is 10.4. The molecule has 0 saturated carbocycles. The zero-order valence-electron chi connectivity index (χ0n) is 32.1. The monoisotopic (exact) mass is 708 g/mol. The highest BCUT2D eigenvalue weighted by molar-refractivity contribution is 5.81. The van der Waals surface area contributed by atoms with Crippen LogP contribution in [0.25, 0.3) is 33.4 Å². The van der Waals surface area contributed by atoms with Gasteiger partial charge in [-0.1, -0.05) is 162 Å². The van der Waals surface area contributed by atoms with Gasteiger partial charge in [0.15, 0.2) is 0 Å². The summed E-state index contributed by atoms with van der Waals surface area (Å²) in [4.78, 5) is 0. The van der Waals surface area contributed by atoms with Crippen LogP contribution < -0.4 is 16.0 Å². The number of nitrogens with two attached hydrogens (primary N) is 3. The molecule has 7 rings (SSSR count). The molecular weight excluding hydrogens is 655 g/mol. The van der Waals surface area contributed by atoms with Crippen LogP contribution in [0.5, 0.6) is 0 Å². The normalized spacial score (nSPS) is 11.2. The minimum Gasteiger partial charge on any atom is -0.339 e. The first kappa shape index (κ1) is 36.8. The molecule has 0 bridgehead atoms. The molecule has 0 aliphatic carbocycles. The van der Waals surface area contributed by atoms with Gasteiger partial charge in [-0.25, -0.2) is 0 Å². The summed E-state index contributed by atoms with van der Waals surface area (Å²) in [6.07, 6.45) is 0. The Morgan fingerprint density at radius 1 is 0.241 bits per heavy atom. The number of rotatable bonds is 15. The Hall–Kier alpha value is -5.58. The molecule has 0 unspecified atom stereocenters. The number of benzene rings is 7. The molecular formula is C51H54N3+3. The van der Waals surface area contributed by atoms with E-state index in [0.717, 1.165) is 39.3 Å². The van der Waals surface area contributed by atoms with Crippen LogP contribution >= 0.6 is 0 Å². The second kappa shape index (κ2) is 18.0. The molecule has 0 radical (unpaired) electrons. The lowest BCUT2D eigenvalue weighted by molar-refractivity contribution is -0.686. The van der Waals surface area contributed by atoms with Crippen molar-refractivity contribution in [2.75, 3.05) is 0 Å². The topological polar surface area (TPSA) is 49.8 Å². The summed E-state index contributed by atoms with van der Waals surface area (Å²) in [5.41, 5.74) is 19.5. The summed E-state index contributed by atoms with van der Waals surface area (Å²) in [5.74, 6) is 0. The van der Waals surface area contributed by atoms with Gasteiger partial charge in [0.05, 0.1) is 0 Å². The standard InChI is InChI=1S/C51H51N3/c1-37-4-10-40(11-5-37)31-52-34-43-16-22-46(23-17-43)49-28-50(47-24-18-44(19-25-47)35-53-32-41-12-6-38(2)7-13-41)30-51(29-49)48-26-20-45(21-27-48)36-54-33-42-14-8-39(3)9-15-42/h4-30,52-54H,31-36H2,1-3H3/p+3. The zero-order valence-corrected chi connectivity index (χ0v) is 32.1. The maximum Gasteiger partial charge on any atom is 0.101 e. The van der Waals surface area contributed by atoms with Crippen molar-refractivity contribution < 1.29 is 16.0 Å². The molecule has 0 aromatic heterocycles. The third kappa shape index (κ3) is 10.3. The number of aryl methyl sites for hydroxylation is 3. The molecule has 3 nitrogen and oxygen atoms in total. The molecule has 0 fully saturated rings. The van der Waals surface area contributed by atoms with Crippen molar-refractivity contribution in [2.24, 2.45) is 0 Å². The van der Waals surface area contributed by atoms with Gasteiger partial charge in [-0.3, -0.25) is 0 Å². The average molecular weight is 709 g/mol. The van der Waals surface area contributed by atoms with Crippen LogP contribution in [0.2, 0.25) is 0 Å². The van der Waals surface area contributed by atoms with E-state index < -0.39 is 0 Å². The maximum absolute atomic E-state index is 2.38. The van der Waals surface area contributed by atoms with Gasteiger partial charge >= 0.3 is 0 Å². The fraction of sp³-hybridized carbons (Fsp3) is 0.176. The largest absolute Gasteiger partial charge is 0.339 e. The minimum absolute atomic E-state index is 0.961. The SMILES string of the molecule is Cc1ccc(C[NH2+]Cc2ccc(-c3cc(-c4ccc(C[NH2+]Cc5ccc(C)cc5)cc4)cc(-c4ccc(C[NH2+]Cc5ccc(C)cc5)cc4)c3)cc2)cc1. The molecule has 0 atom stereocenters. The fourth-order valence-corrected chi connectivity index (χ4v) is 7.02. The number of quaternary nitrogens is 3. The van der Waals surface area contributed by atoms with Gasteiger partial charge in [0, 0.05) is 33.4 Å². The van der Waals surface area contributed by atoms with E-state index in [0.29, 0.717) is 0 Å². The van der Waals surface area contributed by atoms with Crippen LogP contribution in [0.4, 0.5) is 0 Å². The zero-order chi connectivity index (χ0) is 37.1. The molecule has 0 saturated heterocycles. The van der Waals surface area contributed by atoms with Gasteiger partial charge < -0.3 is 16.0 Å². The molecule has 0 aliphatic heterocycles. The van der Waals surface area contributed by atoms with Gasteiger partial charge in [-0.15, -0.1) is 0 Å². The summed E-state index contributed by atoms with van der Waals surface area (Å²) < 4.78 is 0. The van der Waals surface area contributed by atoms with Crippen molar-refractivity contribution in [1.29, 1.82) is 0 Å². The van der Waals surface area contributed by atoms with Crippen LogP contribution in [0.1, 0.15) is 50.1 Å². The first-order valence-electron chi connectivity index (χ1n) is 19.5. The van der Waals surface area contributed by atoms with Crippen molar-refractivity contribution in [3.8, 4) is 33.4 Å². The first-order chi connectivity index (χ1) is 26.4. The lowest BCUT2D eigenvalue weighted by Crippen LogP contribution is -2.80.